The molecule has 0 radical (unpaired) electrons. The maximum absolute atomic E-state index is 14.0. The molecule has 9 heteroatoms. The van der Waals surface area contributed by atoms with Gasteiger partial charge in [0, 0.05) is 29.2 Å². The van der Waals surface area contributed by atoms with Crippen LogP contribution < -0.4 is 19.6 Å². The van der Waals surface area contributed by atoms with Gasteiger partial charge in [-0.25, -0.2) is 9.79 Å². The van der Waals surface area contributed by atoms with Crippen LogP contribution in [0.5, 0.6) is 5.75 Å². The summed E-state index contributed by atoms with van der Waals surface area (Å²) in [5.74, 6) is 0.155. The van der Waals surface area contributed by atoms with Crippen molar-refractivity contribution < 1.29 is 14.3 Å². The highest BCUT2D eigenvalue weighted by Gasteiger charge is 2.33. The molecule has 1 atom stereocenters. The Morgan fingerprint density at radius 1 is 1.26 bits per heavy atom. The van der Waals surface area contributed by atoms with Gasteiger partial charge in [0.1, 0.15) is 5.75 Å². The van der Waals surface area contributed by atoms with Crippen molar-refractivity contribution >= 4 is 50.2 Å². The molecule has 2 aromatic carbocycles. The number of para-hydroxylation sites is 1. The Bertz CT molecular complexity index is 1790. The number of hydrogen-bond donors (Lipinski definition) is 0. The van der Waals surface area contributed by atoms with E-state index in [9.17, 15) is 9.59 Å². The maximum Gasteiger partial charge on any atom is 0.338 e. The molecule has 0 spiro atoms. The third kappa shape index (κ3) is 4.46. The topological polar surface area (TPSA) is 74.8 Å². The first kappa shape index (κ1) is 25.9. The molecule has 1 aliphatic heterocycles. The molecule has 1 unspecified atom stereocenters. The smallest absolute Gasteiger partial charge is 0.338 e. The molecule has 0 fully saturated rings. The van der Waals surface area contributed by atoms with E-state index in [1.54, 1.807) is 25.5 Å². The first-order chi connectivity index (χ1) is 18.4. The van der Waals surface area contributed by atoms with Gasteiger partial charge in [0.2, 0.25) is 0 Å². The summed E-state index contributed by atoms with van der Waals surface area (Å²) in [5, 5.41) is 1.04. The number of fused-ring (bicyclic) bond motifs is 2. The number of ether oxygens (including phenoxy) is 2. The van der Waals surface area contributed by atoms with Gasteiger partial charge < -0.3 is 14.0 Å². The van der Waals surface area contributed by atoms with Crippen LogP contribution in [0.3, 0.4) is 0 Å². The molecular formula is C29H26BrN3O4S. The zero-order valence-corrected chi connectivity index (χ0v) is 23.6. The Labute approximate surface area is 231 Å². The van der Waals surface area contributed by atoms with Gasteiger partial charge in [-0.15, -0.1) is 6.58 Å². The number of thiazole rings is 1. The zero-order chi connectivity index (χ0) is 27.0. The molecule has 0 bridgehead atoms. The lowest BCUT2D eigenvalue weighted by Crippen LogP contribution is -2.39. The first-order valence-corrected chi connectivity index (χ1v) is 13.7. The molecule has 38 heavy (non-hydrogen) atoms. The van der Waals surface area contributed by atoms with Gasteiger partial charge >= 0.3 is 5.97 Å². The molecule has 194 valence electrons. The third-order valence-electron chi connectivity index (χ3n) is 6.44. The number of hydrogen-bond acceptors (Lipinski definition) is 6. The van der Waals surface area contributed by atoms with Gasteiger partial charge in [-0.2, -0.15) is 0 Å². The van der Waals surface area contributed by atoms with Crippen molar-refractivity contribution in [2.75, 3.05) is 13.7 Å². The van der Waals surface area contributed by atoms with Crippen LogP contribution in [0.4, 0.5) is 0 Å². The Hall–Kier alpha value is -3.69. The van der Waals surface area contributed by atoms with Crippen molar-refractivity contribution in [3.63, 3.8) is 0 Å². The second-order valence-electron chi connectivity index (χ2n) is 8.74. The average molecular weight is 593 g/mol. The van der Waals surface area contributed by atoms with E-state index >= 15 is 0 Å². The number of rotatable bonds is 7. The van der Waals surface area contributed by atoms with Crippen LogP contribution in [0.25, 0.3) is 17.0 Å². The molecule has 0 aliphatic carbocycles. The second kappa shape index (κ2) is 10.6. The predicted molar refractivity (Wildman–Crippen MR) is 153 cm³/mol. The van der Waals surface area contributed by atoms with E-state index in [4.69, 9.17) is 9.47 Å². The molecule has 0 N–H and O–H groups in total. The SMILES string of the molecule is C=CCn1cc(/C=c2/sc3n(c2=O)C(c2ccc(OC)c(Br)c2)C(C(=O)OCC)=C(C)N=3)c2ccccc21. The molecule has 0 amide bonds. The van der Waals surface area contributed by atoms with Crippen LogP contribution in [0.2, 0.25) is 0 Å². The van der Waals surface area contributed by atoms with E-state index in [0.29, 0.717) is 37.4 Å². The van der Waals surface area contributed by atoms with Gasteiger partial charge in [-0.3, -0.25) is 9.36 Å². The monoisotopic (exact) mass is 591 g/mol. The summed E-state index contributed by atoms with van der Waals surface area (Å²) in [6.45, 7) is 8.26. The minimum absolute atomic E-state index is 0.216. The van der Waals surface area contributed by atoms with Gasteiger partial charge in [-0.05, 0) is 59.6 Å². The van der Waals surface area contributed by atoms with Crippen LogP contribution in [0, 0.1) is 0 Å². The van der Waals surface area contributed by atoms with Crippen LogP contribution in [-0.2, 0) is 16.1 Å². The summed E-state index contributed by atoms with van der Waals surface area (Å²) in [6, 6.07) is 12.9. The second-order valence-corrected chi connectivity index (χ2v) is 10.6. The summed E-state index contributed by atoms with van der Waals surface area (Å²) >= 11 is 4.85. The number of benzene rings is 2. The molecular weight excluding hydrogens is 566 g/mol. The highest BCUT2D eigenvalue weighted by atomic mass is 79.9. The van der Waals surface area contributed by atoms with Crippen LogP contribution in [0.1, 0.15) is 31.0 Å². The van der Waals surface area contributed by atoms with Crippen LogP contribution >= 0.6 is 27.3 Å². The number of allylic oxidation sites excluding steroid dienone is 2. The Morgan fingerprint density at radius 2 is 2.05 bits per heavy atom. The largest absolute Gasteiger partial charge is 0.496 e. The standard InChI is InChI=1S/C29H26BrN3O4S/c1-5-13-32-16-19(20-9-7-8-10-22(20)32)15-24-27(34)33-26(18-11-12-23(36-4)21(30)14-18)25(28(35)37-6-2)17(3)31-29(33)38-24/h5,7-12,14-16,26H,1,6,13H2,2-4H3/b24-15+. The van der Waals surface area contributed by atoms with Gasteiger partial charge in [0.05, 0.1) is 40.0 Å². The average Bonchev–Trinajstić information content (AvgIpc) is 3.40. The van der Waals surface area contributed by atoms with E-state index in [2.05, 4.69) is 32.1 Å². The molecule has 3 heterocycles. The minimum Gasteiger partial charge on any atom is -0.496 e. The highest BCUT2D eigenvalue weighted by Crippen LogP contribution is 2.35. The summed E-state index contributed by atoms with van der Waals surface area (Å²) in [4.78, 5) is 32.3. The van der Waals surface area contributed by atoms with Crippen molar-refractivity contribution in [2.24, 2.45) is 4.99 Å². The van der Waals surface area contributed by atoms with Crippen molar-refractivity contribution in [2.45, 2.75) is 26.4 Å². The van der Waals surface area contributed by atoms with Crippen LogP contribution in [0.15, 0.2) is 86.8 Å². The predicted octanol–water partition coefficient (Wildman–Crippen LogP) is 4.71. The number of nitrogens with zero attached hydrogens (tertiary/aromatic N) is 3. The molecule has 0 saturated heterocycles. The molecule has 4 aromatic rings. The summed E-state index contributed by atoms with van der Waals surface area (Å²) < 4.78 is 15.7. The van der Waals surface area contributed by atoms with E-state index in [1.807, 2.05) is 60.8 Å². The molecule has 0 saturated carbocycles. The van der Waals surface area contributed by atoms with E-state index in [-0.39, 0.29) is 12.2 Å². The van der Waals surface area contributed by atoms with Crippen molar-refractivity contribution in [3.8, 4) is 5.75 Å². The van der Waals surface area contributed by atoms with Gasteiger partial charge in [0.25, 0.3) is 5.56 Å². The summed E-state index contributed by atoms with van der Waals surface area (Å²) in [7, 11) is 1.59. The fourth-order valence-electron chi connectivity index (χ4n) is 4.78. The molecule has 1 aliphatic rings. The van der Waals surface area contributed by atoms with Crippen molar-refractivity contribution in [3.05, 3.63) is 108 Å². The summed E-state index contributed by atoms with van der Waals surface area (Å²) in [6.07, 6.45) is 5.77. The minimum atomic E-state index is -0.697. The molecule has 2 aromatic heterocycles. The lowest BCUT2D eigenvalue weighted by Gasteiger charge is -2.25. The molecule has 7 nitrogen and oxygen atoms in total. The number of methoxy groups -OCH3 is 1. The Balaban J connectivity index is 1.74. The highest BCUT2D eigenvalue weighted by molar-refractivity contribution is 9.10. The lowest BCUT2D eigenvalue weighted by atomic mass is 9.96. The quantitative estimate of drug-likeness (QED) is 0.230. The lowest BCUT2D eigenvalue weighted by molar-refractivity contribution is -0.139. The van der Waals surface area contributed by atoms with Crippen molar-refractivity contribution in [1.82, 2.24) is 9.13 Å². The number of carbonyl (C=O) groups is 1. The molecule has 5 rings (SSSR count). The number of halogens is 1. The summed E-state index contributed by atoms with van der Waals surface area (Å²) in [5.41, 5.74) is 3.37. The van der Waals surface area contributed by atoms with E-state index in [1.165, 1.54) is 11.3 Å². The zero-order valence-electron chi connectivity index (χ0n) is 21.2. The van der Waals surface area contributed by atoms with E-state index in [0.717, 1.165) is 22.0 Å². The number of carbonyl (C=O) groups excluding carboxylic acids is 1. The van der Waals surface area contributed by atoms with Gasteiger partial charge in [-0.1, -0.05) is 41.7 Å². The fourth-order valence-corrected chi connectivity index (χ4v) is 6.38. The Kier molecular flexibility index (Phi) is 7.23. The third-order valence-corrected chi connectivity index (χ3v) is 8.04. The van der Waals surface area contributed by atoms with Gasteiger partial charge in [0.15, 0.2) is 4.80 Å². The first-order valence-electron chi connectivity index (χ1n) is 12.1. The number of esters is 1. The van der Waals surface area contributed by atoms with Crippen molar-refractivity contribution in [1.29, 1.82) is 0 Å². The maximum atomic E-state index is 14.0. The Morgan fingerprint density at radius 3 is 2.76 bits per heavy atom. The fraction of sp³-hybridized carbons (Fsp3) is 0.207. The van der Waals surface area contributed by atoms with E-state index < -0.39 is 12.0 Å². The van der Waals surface area contributed by atoms with Crippen LogP contribution in [-0.4, -0.2) is 28.8 Å². The number of aromatic nitrogens is 2. The normalized spacial score (nSPS) is 15.4.